The molecule has 1 aromatic carbocycles. The third-order valence-corrected chi connectivity index (χ3v) is 4.59. The maximum atomic E-state index is 13.5. The SMILES string of the molecule is CCCC(C)CS(=O)(=O)c1ccc(N)cc1F. The summed E-state index contributed by atoms with van der Waals surface area (Å²) in [5.74, 6) is -0.766. The summed E-state index contributed by atoms with van der Waals surface area (Å²) in [6.07, 6.45) is 1.73. The summed E-state index contributed by atoms with van der Waals surface area (Å²) in [4.78, 5) is -0.255. The molecule has 0 spiro atoms. The summed E-state index contributed by atoms with van der Waals surface area (Å²) in [7, 11) is -3.56. The normalized spacial score (nSPS) is 13.6. The van der Waals surface area contributed by atoms with E-state index in [9.17, 15) is 12.8 Å². The van der Waals surface area contributed by atoms with Crippen LogP contribution in [0.1, 0.15) is 26.7 Å². The largest absolute Gasteiger partial charge is 0.399 e. The molecule has 0 saturated heterocycles. The molecule has 0 amide bonds. The van der Waals surface area contributed by atoms with Gasteiger partial charge in [-0.15, -0.1) is 0 Å². The van der Waals surface area contributed by atoms with E-state index in [1.54, 1.807) is 0 Å². The lowest BCUT2D eigenvalue weighted by atomic mass is 10.1. The van der Waals surface area contributed by atoms with Crippen LogP contribution in [0.4, 0.5) is 10.1 Å². The number of rotatable bonds is 5. The van der Waals surface area contributed by atoms with Gasteiger partial charge in [-0.1, -0.05) is 20.3 Å². The number of nitrogens with two attached hydrogens (primary N) is 1. The van der Waals surface area contributed by atoms with Gasteiger partial charge in [0.15, 0.2) is 9.84 Å². The molecule has 1 rings (SSSR count). The van der Waals surface area contributed by atoms with E-state index in [0.717, 1.165) is 18.9 Å². The fourth-order valence-electron chi connectivity index (χ4n) is 1.81. The number of sulfone groups is 1. The Morgan fingerprint density at radius 3 is 2.59 bits per heavy atom. The maximum Gasteiger partial charge on any atom is 0.181 e. The fraction of sp³-hybridized carbons (Fsp3) is 0.500. The molecule has 96 valence electrons. The van der Waals surface area contributed by atoms with Gasteiger partial charge in [-0.05, 0) is 30.5 Å². The molecular weight excluding hydrogens is 241 g/mol. The Bertz CT molecular complexity index is 485. The second-order valence-electron chi connectivity index (χ2n) is 4.37. The highest BCUT2D eigenvalue weighted by Gasteiger charge is 2.21. The van der Waals surface area contributed by atoms with E-state index in [4.69, 9.17) is 5.73 Å². The third-order valence-electron chi connectivity index (χ3n) is 2.58. The highest BCUT2D eigenvalue weighted by atomic mass is 32.2. The smallest absolute Gasteiger partial charge is 0.181 e. The fourth-order valence-corrected chi connectivity index (χ4v) is 3.54. The van der Waals surface area contributed by atoms with Gasteiger partial charge in [-0.2, -0.15) is 0 Å². The van der Waals surface area contributed by atoms with Gasteiger partial charge >= 0.3 is 0 Å². The van der Waals surface area contributed by atoms with Crippen LogP contribution in [-0.4, -0.2) is 14.2 Å². The van der Waals surface area contributed by atoms with Crippen LogP contribution in [0.15, 0.2) is 23.1 Å². The van der Waals surface area contributed by atoms with Crippen LogP contribution in [0, 0.1) is 11.7 Å². The number of hydrogen-bond acceptors (Lipinski definition) is 3. The molecule has 3 nitrogen and oxygen atoms in total. The minimum absolute atomic E-state index is 0.0261. The van der Waals surface area contributed by atoms with Crippen LogP contribution in [0.2, 0.25) is 0 Å². The van der Waals surface area contributed by atoms with Crippen molar-refractivity contribution in [3.05, 3.63) is 24.0 Å². The van der Waals surface area contributed by atoms with Crippen molar-refractivity contribution in [3.63, 3.8) is 0 Å². The van der Waals surface area contributed by atoms with E-state index in [1.165, 1.54) is 12.1 Å². The lowest BCUT2D eigenvalue weighted by Crippen LogP contribution is -2.15. The number of anilines is 1. The summed E-state index contributed by atoms with van der Waals surface area (Å²) < 4.78 is 37.5. The lowest BCUT2D eigenvalue weighted by Gasteiger charge is -2.11. The molecule has 0 fully saturated rings. The maximum absolute atomic E-state index is 13.5. The molecule has 1 unspecified atom stereocenters. The van der Waals surface area contributed by atoms with Crippen molar-refractivity contribution >= 4 is 15.5 Å². The second-order valence-corrected chi connectivity index (χ2v) is 6.37. The van der Waals surface area contributed by atoms with E-state index in [2.05, 4.69) is 0 Å². The van der Waals surface area contributed by atoms with Gasteiger partial charge in [-0.3, -0.25) is 0 Å². The molecule has 0 saturated carbocycles. The predicted molar refractivity (Wildman–Crippen MR) is 66.9 cm³/mol. The molecule has 0 radical (unpaired) electrons. The van der Waals surface area contributed by atoms with Crippen LogP contribution in [-0.2, 0) is 9.84 Å². The monoisotopic (exact) mass is 259 g/mol. The summed E-state index contributed by atoms with van der Waals surface area (Å²) in [5, 5.41) is 0. The Hall–Kier alpha value is -1.10. The van der Waals surface area contributed by atoms with Gasteiger partial charge in [-0.25, -0.2) is 12.8 Å². The van der Waals surface area contributed by atoms with Crippen LogP contribution >= 0.6 is 0 Å². The van der Waals surface area contributed by atoms with Crippen molar-refractivity contribution in [2.45, 2.75) is 31.6 Å². The van der Waals surface area contributed by atoms with Gasteiger partial charge in [0.1, 0.15) is 10.7 Å². The molecule has 1 aromatic rings. The zero-order chi connectivity index (χ0) is 13.1. The number of hydrogen-bond donors (Lipinski definition) is 1. The van der Waals surface area contributed by atoms with E-state index in [-0.39, 0.29) is 22.3 Å². The van der Waals surface area contributed by atoms with Crippen molar-refractivity contribution in [2.75, 3.05) is 11.5 Å². The highest BCUT2D eigenvalue weighted by Crippen LogP contribution is 2.21. The Morgan fingerprint density at radius 1 is 1.41 bits per heavy atom. The van der Waals surface area contributed by atoms with E-state index in [0.29, 0.717) is 0 Å². The van der Waals surface area contributed by atoms with Gasteiger partial charge in [0.05, 0.1) is 5.75 Å². The average molecular weight is 259 g/mol. The second kappa shape index (κ2) is 5.49. The van der Waals surface area contributed by atoms with Gasteiger partial charge in [0.25, 0.3) is 0 Å². The van der Waals surface area contributed by atoms with Crippen molar-refractivity contribution < 1.29 is 12.8 Å². The van der Waals surface area contributed by atoms with Crippen LogP contribution in [0.3, 0.4) is 0 Å². The first-order valence-electron chi connectivity index (χ1n) is 5.64. The summed E-state index contributed by atoms with van der Waals surface area (Å²) in [5.41, 5.74) is 5.61. The summed E-state index contributed by atoms with van der Waals surface area (Å²) in [6, 6.07) is 3.68. The quantitative estimate of drug-likeness (QED) is 0.827. The zero-order valence-corrected chi connectivity index (χ0v) is 10.9. The average Bonchev–Trinajstić information content (AvgIpc) is 2.15. The van der Waals surface area contributed by atoms with Crippen molar-refractivity contribution in [1.29, 1.82) is 0 Å². The molecule has 5 heteroatoms. The zero-order valence-electron chi connectivity index (χ0n) is 10.1. The first-order valence-corrected chi connectivity index (χ1v) is 7.30. The van der Waals surface area contributed by atoms with Crippen LogP contribution in [0.25, 0.3) is 0 Å². The first kappa shape index (κ1) is 14.0. The topological polar surface area (TPSA) is 60.2 Å². The van der Waals surface area contributed by atoms with Crippen LogP contribution in [0.5, 0.6) is 0 Å². The minimum Gasteiger partial charge on any atom is -0.399 e. The minimum atomic E-state index is -3.56. The van der Waals surface area contributed by atoms with Crippen molar-refractivity contribution in [1.82, 2.24) is 0 Å². The summed E-state index contributed by atoms with van der Waals surface area (Å²) >= 11 is 0. The summed E-state index contributed by atoms with van der Waals surface area (Å²) in [6.45, 7) is 3.85. The highest BCUT2D eigenvalue weighted by molar-refractivity contribution is 7.91. The van der Waals surface area contributed by atoms with E-state index in [1.807, 2.05) is 13.8 Å². The van der Waals surface area contributed by atoms with Crippen molar-refractivity contribution in [3.8, 4) is 0 Å². The van der Waals surface area contributed by atoms with Crippen molar-refractivity contribution in [2.24, 2.45) is 5.92 Å². The number of nitrogen functional groups attached to an aromatic ring is 1. The molecule has 0 aliphatic heterocycles. The molecule has 2 N–H and O–H groups in total. The number of halogens is 1. The predicted octanol–water partition coefficient (Wildman–Crippen LogP) is 2.62. The molecule has 0 bridgehead atoms. The molecule has 0 aromatic heterocycles. The van der Waals surface area contributed by atoms with E-state index >= 15 is 0 Å². The van der Waals surface area contributed by atoms with Crippen LogP contribution < -0.4 is 5.73 Å². The Morgan fingerprint density at radius 2 is 2.06 bits per heavy atom. The standard InChI is InChI=1S/C12H18FNO2S/c1-3-4-9(2)8-17(15,16)12-6-5-10(14)7-11(12)13/h5-7,9H,3-4,8,14H2,1-2H3. The van der Waals surface area contributed by atoms with Gasteiger partial charge < -0.3 is 5.73 Å². The molecule has 1 atom stereocenters. The Kier molecular flexibility index (Phi) is 4.51. The molecular formula is C12H18FNO2S. The number of benzene rings is 1. The Balaban J connectivity index is 2.97. The third kappa shape index (κ3) is 3.70. The van der Waals surface area contributed by atoms with Gasteiger partial charge in [0.2, 0.25) is 0 Å². The molecule has 0 aliphatic rings. The molecule has 0 heterocycles. The molecule has 0 aliphatic carbocycles. The van der Waals surface area contributed by atoms with E-state index < -0.39 is 15.7 Å². The molecule has 17 heavy (non-hydrogen) atoms. The van der Waals surface area contributed by atoms with Gasteiger partial charge in [0, 0.05) is 5.69 Å². The Labute approximate surface area is 102 Å². The first-order chi connectivity index (χ1) is 7.86. The lowest BCUT2D eigenvalue weighted by molar-refractivity contribution is 0.535.